The lowest BCUT2D eigenvalue weighted by Gasteiger charge is -1.91. The van der Waals surface area contributed by atoms with Gasteiger partial charge in [0.15, 0.2) is 0 Å². The minimum absolute atomic E-state index is 1.02. The highest BCUT2D eigenvalue weighted by atomic mass is 14.1. The van der Waals surface area contributed by atoms with Gasteiger partial charge in [-0.05, 0) is 41.9 Å². The van der Waals surface area contributed by atoms with Crippen LogP contribution in [0.15, 0.2) is 94.8 Å². The van der Waals surface area contributed by atoms with Crippen LogP contribution >= 0.6 is 0 Å². The number of hydrogen-bond acceptors (Lipinski definition) is 0. The first-order valence-electron chi connectivity index (χ1n) is 7.28. The lowest BCUT2D eigenvalue weighted by molar-refractivity contribution is 1.40. The third-order valence-electron chi connectivity index (χ3n) is 3.84. The van der Waals surface area contributed by atoms with Crippen molar-refractivity contribution in [2.75, 3.05) is 0 Å². The molecule has 98 valence electrons. The van der Waals surface area contributed by atoms with Crippen molar-refractivity contribution in [3.05, 3.63) is 105 Å². The first kappa shape index (κ1) is 12.1. The first-order valence-corrected chi connectivity index (χ1v) is 7.28. The Kier molecular flexibility index (Phi) is 2.88. The molecule has 21 heavy (non-hydrogen) atoms. The first-order chi connectivity index (χ1) is 10.4. The van der Waals surface area contributed by atoms with E-state index in [1.54, 1.807) is 0 Å². The number of hydrogen-bond donors (Lipinski definition) is 0. The average Bonchev–Trinajstić information content (AvgIpc) is 2.87. The number of allylic oxidation sites excluding steroid dienone is 9. The normalized spacial score (nSPS) is 17.9. The van der Waals surface area contributed by atoms with Crippen LogP contribution in [0.2, 0.25) is 0 Å². The van der Waals surface area contributed by atoms with Crippen molar-refractivity contribution < 1.29 is 0 Å². The Morgan fingerprint density at radius 2 is 1.33 bits per heavy atom. The van der Waals surface area contributed by atoms with Gasteiger partial charge >= 0.3 is 0 Å². The predicted octanol–water partition coefficient (Wildman–Crippen LogP) is 3.38. The summed E-state index contributed by atoms with van der Waals surface area (Å²) in [6.07, 6.45) is 18.6. The summed E-state index contributed by atoms with van der Waals surface area (Å²) in [5.41, 5.74) is 8.38. The van der Waals surface area contributed by atoms with Crippen molar-refractivity contribution in [1.29, 1.82) is 0 Å². The summed E-state index contributed by atoms with van der Waals surface area (Å²) < 4.78 is 0. The van der Waals surface area contributed by atoms with Gasteiger partial charge in [0.25, 0.3) is 0 Å². The van der Waals surface area contributed by atoms with Gasteiger partial charge in [-0.15, -0.1) is 5.73 Å². The Bertz CT molecular complexity index is 860. The van der Waals surface area contributed by atoms with Gasteiger partial charge in [0, 0.05) is 41.5 Å². The molecule has 0 saturated heterocycles. The molecule has 0 N–H and O–H groups in total. The minimum Gasteiger partial charge on any atom is -0.105 e. The van der Waals surface area contributed by atoms with E-state index in [1.807, 2.05) is 0 Å². The molecule has 1 aromatic carbocycles. The maximum Gasteiger partial charge on any atom is 0.0512 e. The largest absolute Gasteiger partial charge is 0.105 e. The highest BCUT2D eigenvalue weighted by molar-refractivity contribution is 5.72. The highest BCUT2D eigenvalue weighted by Crippen LogP contribution is 2.27. The fraction of sp³-hybridized carbons (Fsp3) is 0.0476. The Labute approximate surface area is 124 Å². The fourth-order valence-corrected chi connectivity index (χ4v) is 2.83. The molecule has 0 saturated carbocycles. The van der Waals surface area contributed by atoms with Gasteiger partial charge < -0.3 is 0 Å². The SMILES string of the molecule is C(=C1C=C2C=CCC=CC2=C1)=C1C=c2cc[cH+]ccc2=C1. The minimum atomic E-state index is 1.02. The van der Waals surface area contributed by atoms with Crippen LogP contribution in [-0.2, 0) is 0 Å². The van der Waals surface area contributed by atoms with Crippen LogP contribution < -0.4 is 10.4 Å². The predicted molar refractivity (Wildman–Crippen MR) is 88.6 cm³/mol. The van der Waals surface area contributed by atoms with Crippen molar-refractivity contribution in [2.45, 2.75) is 6.42 Å². The van der Waals surface area contributed by atoms with Crippen LogP contribution in [0.3, 0.4) is 0 Å². The Morgan fingerprint density at radius 3 is 1.95 bits per heavy atom. The molecule has 0 bridgehead atoms. The summed E-state index contributed by atoms with van der Waals surface area (Å²) in [6, 6.07) is 10.5. The van der Waals surface area contributed by atoms with E-state index in [-0.39, 0.29) is 0 Å². The molecule has 4 rings (SSSR count). The van der Waals surface area contributed by atoms with Gasteiger partial charge in [-0.1, -0.05) is 24.3 Å². The van der Waals surface area contributed by atoms with Crippen LogP contribution in [0.4, 0.5) is 0 Å². The Hall–Kier alpha value is -2.69. The van der Waals surface area contributed by atoms with E-state index in [1.165, 1.54) is 21.6 Å². The van der Waals surface area contributed by atoms with E-state index in [9.17, 15) is 0 Å². The molecule has 0 amide bonds. The highest BCUT2D eigenvalue weighted by Gasteiger charge is 2.09. The second-order valence-electron chi connectivity index (χ2n) is 5.39. The molecule has 1 aromatic rings. The van der Waals surface area contributed by atoms with Gasteiger partial charge in [0.2, 0.25) is 0 Å². The van der Waals surface area contributed by atoms with E-state index in [2.05, 4.69) is 84.7 Å². The van der Waals surface area contributed by atoms with Crippen LogP contribution in [0.5, 0.6) is 0 Å². The van der Waals surface area contributed by atoms with Crippen molar-refractivity contribution in [2.24, 2.45) is 0 Å². The van der Waals surface area contributed by atoms with E-state index in [0.29, 0.717) is 0 Å². The monoisotopic (exact) mass is 267 g/mol. The molecule has 0 aromatic heterocycles. The second kappa shape index (κ2) is 5.01. The third-order valence-corrected chi connectivity index (χ3v) is 3.84. The van der Waals surface area contributed by atoms with E-state index in [0.717, 1.165) is 17.6 Å². The maximum absolute atomic E-state index is 3.51. The molecule has 0 spiro atoms. The summed E-state index contributed by atoms with van der Waals surface area (Å²) >= 11 is 0. The summed E-state index contributed by atoms with van der Waals surface area (Å²) in [6.45, 7) is 0. The molecule has 3 aliphatic rings. The zero-order chi connectivity index (χ0) is 14.1. The fourth-order valence-electron chi connectivity index (χ4n) is 2.83. The zero-order valence-electron chi connectivity index (χ0n) is 11.7. The summed E-state index contributed by atoms with van der Waals surface area (Å²) in [4.78, 5) is 0. The van der Waals surface area contributed by atoms with Crippen molar-refractivity contribution in [3.8, 4) is 0 Å². The molecule has 3 aliphatic carbocycles. The molecule has 0 unspecified atom stereocenters. The van der Waals surface area contributed by atoms with E-state index in [4.69, 9.17) is 0 Å². The van der Waals surface area contributed by atoms with E-state index < -0.39 is 0 Å². The average molecular weight is 267 g/mol. The van der Waals surface area contributed by atoms with Crippen LogP contribution in [0.25, 0.3) is 12.2 Å². The van der Waals surface area contributed by atoms with Crippen LogP contribution in [0.1, 0.15) is 6.42 Å². The molecular formula is C21H15+. The van der Waals surface area contributed by atoms with Crippen LogP contribution in [0, 0.1) is 0 Å². The van der Waals surface area contributed by atoms with Crippen molar-refractivity contribution in [1.82, 2.24) is 0 Å². The molecule has 0 heterocycles. The standard InChI is InChI=1S/C21H15/c1-3-7-18-12-16(13-19(18)8-4-1)11-17-14-20-9-5-2-6-10-21(20)15-17/h1,3-10,12-15H,2H2/q+1. The van der Waals surface area contributed by atoms with Crippen molar-refractivity contribution in [3.63, 3.8) is 0 Å². The quantitative estimate of drug-likeness (QED) is 0.499. The van der Waals surface area contributed by atoms with Crippen molar-refractivity contribution >= 4 is 12.2 Å². The molecule has 0 aliphatic heterocycles. The second-order valence-corrected chi connectivity index (χ2v) is 5.39. The zero-order valence-corrected chi connectivity index (χ0v) is 11.7. The molecule has 0 nitrogen and oxygen atoms in total. The van der Waals surface area contributed by atoms with Crippen LogP contribution in [-0.4, -0.2) is 0 Å². The van der Waals surface area contributed by atoms with Gasteiger partial charge in [-0.2, -0.15) is 0 Å². The van der Waals surface area contributed by atoms with Gasteiger partial charge in [0.1, 0.15) is 0 Å². The van der Waals surface area contributed by atoms with Gasteiger partial charge in [0.05, 0.1) is 10.4 Å². The summed E-state index contributed by atoms with van der Waals surface area (Å²) in [5.74, 6) is 0. The topological polar surface area (TPSA) is 0 Å². The number of fused-ring (bicyclic) bond motifs is 2. The van der Waals surface area contributed by atoms with E-state index >= 15 is 0 Å². The smallest absolute Gasteiger partial charge is 0.0512 e. The maximum atomic E-state index is 3.51. The Morgan fingerprint density at radius 1 is 0.762 bits per heavy atom. The van der Waals surface area contributed by atoms with Gasteiger partial charge in [-0.25, -0.2) is 0 Å². The summed E-state index contributed by atoms with van der Waals surface area (Å²) in [5, 5.41) is 2.52. The lowest BCUT2D eigenvalue weighted by atomic mass is 10.1. The molecule has 0 atom stereocenters. The Balaban J connectivity index is 1.85. The lowest BCUT2D eigenvalue weighted by Crippen LogP contribution is -2.17. The third kappa shape index (κ3) is 2.38. The number of rotatable bonds is 0. The molecular weight excluding hydrogens is 252 g/mol. The molecule has 0 fully saturated rings. The molecule has 0 heteroatoms. The summed E-state index contributed by atoms with van der Waals surface area (Å²) in [7, 11) is 0. The molecule has 0 radical (unpaired) electrons. The van der Waals surface area contributed by atoms with Gasteiger partial charge in [-0.3, -0.25) is 0 Å².